The van der Waals surface area contributed by atoms with Crippen LogP contribution >= 0.6 is 0 Å². The Morgan fingerprint density at radius 3 is 1.47 bits per heavy atom. The topological polar surface area (TPSA) is 8.17 Å². The minimum absolute atomic E-state index is 1.09. The number of fused-ring (bicyclic) bond motifs is 7. The molecule has 2 nitrogen and oxygen atoms in total. The van der Waals surface area contributed by atoms with Crippen LogP contribution in [0.15, 0.2) is 267 Å². The third-order valence-corrected chi connectivity index (χ3v) is 13.8. The monoisotopic (exact) mass is 864 g/mol. The Morgan fingerprint density at radius 2 is 0.735 bits per heavy atom. The van der Waals surface area contributed by atoms with Crippen LogP contribution in [0.5, 0.6) is 0 Å². The molecule has 1 heterocycles. The summed E-state index contributed by atoms with van der Waals surface area (Å²) in [5, 5.41) is 9.99. The highest BCUT2D eigenvalue weighted by atomic mass is 15.1. The number of benzene rings is 12. The molecule has 0 aliphatic carbocycles. The molecule has 0 atom stereocenters. The normalized spacial score (nSPS) is 11.5. The molecule has 12 aromatic carbocycles. The van der Waals surface area contributed by atoms with Crippen LogP contribution in [-0.4, -0.2) is 4.57 Å². The second-order valence-corrected chi connectivity index (χ2v) is 17.7. The summed E-state index contributed by atoms with van der Waals surface area (Å²) < 4.78 is 2.48. The van der Waals surface area contributed by atoms with Gasteiger partial charge in [0.25, 0.3) is 0 Å². The summed E-state index contributed by atoms with van der Waals surface area (Å²) in [7, 11) is 0. The molecular weight excluding hydrogens is 821 g/mol. The Balaban J connectivity index is 0.923. The van der Waals surface area contributed by atoms with Crippen LogP contribution in [0.4, 0.5) is 17.1 Å². The maximum absolute atomic E-state index is 2.48. The van der Waals surface area contributed by atoms with Crippen LogP contribution in [0.25, 0.3) is 104 Å². The zero-order valence-electron chi connectivity index (χ0n) is 37.3. The zero-order chi connectivity index (χ0) is 45.0. The van der Waals surface area contributed by atoms with E-state index in [1.165, 1.54) is 98.8 Å². The Hall–Kier alpha value is -8.98. The van der Waals surface area contributed by atoms with Crippen LogP contribution in [0, 0.1) is 0 Å². The second-order valence-electron chi connectivity index (χ2n) is 17.7. The highest BCUT2D eigenvalue weighted by Gasteiger charge is 2.20. The van der Waals surface area contributed by atoms with Crippen molar-refractivity contribution in [3.05, 3.63) is 267 Å². The van der Waals surface area contributed by atoms with Crippen molar-refractivity contribution in [1.82, 2.24) is 4.57 Å². The van der Waals surface area contributed by atoms with Gasteiger partial charge >= 0.3 is 0 Å². The largest absolute Gasteiger partial charge is 0.310 e. The molecule has 1 aromatic heterocycles. The molecule has 68 heavy (non-hydrogen) atoms. The molecule has 0 fully saturated rings. The average Bonchev–Trinajstić information content (AvgIpc) is 3.76. The van der Waals surface area contributed by atoms with Crippen LogP contribution in [0.1, 0.15) is 0 Å². The molecule has 0 amide bonds. The van der Waals surface area contributed by atoms with Crippen molar-refractivity contribution in [1.29, 1.82) is 0 Å². The van der Waals surface area contributed by atoms with E-state index in [1.54, 1.807) is 0 Å². The van der Waals surface area contributed by atoms with E-state index in [0.29, 0.717) is 0 Å². The number of nitrogens with zero attached hydrogens (tertiary/aromatic N) is 2. The summed E-state index contributed by atoms with van der Waals surface area (Å²) in [5.74, 6) is 0. The number of hydrogen-bond donors (Lipinski definition) is 0. The van der Waals surface area contributed by atoms with Gasteiger partial charge in [-0.1, -0.05) is 212 Å². The SMILES string of the molecule is c1ccc(-c2ccc(N(c3ccc(-c4ccc(-c5cccc6ccccc56)cc4)cc3)c3cccc(-c4cccc5c4c4ccccc4n5-c4cc5ccccc5c5ccccc45)c3)cc2)cc1. The van der Waals surface area contributed by atoms with Gasteiger partial charge in [0.15, 0.2) is 0 Å². The number of rotatable bonds is 8. The van der Waals surface area contributed by atoms with Gasteiger partial charge in [0, 0.05) is 33.2 Å². The Morgan fingerprint density at radius 1 is 0.250 bits per heavy atom. The summed E-state index contributed by atoms with van der Waals surface area (Å²) in [6.45, 7) is 0. The van der Waals surface area contributed by atoms with E-state index in [9.17, 15) is 0 Å². The van der Waals surface area contributed by atoms with Gasteiger partial charge in [0.05, 0.1) is 16.7 Å². The highest BCUT2D eigenvalue weighted by molar-refractivity contribution is 6.18. The first kappa shape index (κ1) is 39.4. The van der Waals surface area contributed by atoms with Crippen LogP contribution in [0.3, 0.4) is 0 Å². The number of aromatic nitrogens is 1. The Bertz CT molecular complexity index is 3990. The minimum Gasteiger partial charge on any atom is -0.310 e. The third-order valence-electron chi connectivity index (χ3n) is 13.8. The number of hydrogen-bond acceptors (Lipinski definition) is 1. The molecule has 13 rings (SSSR count). The minimum atomic E-state index is 1.09. The predicted octanol–water partition coefficient (Wildman–Crippen LogP) is 18.4. The van der Waals surface area contributed by atoms with Gasteiger partial charge in [0.2, 0.25) is 0 Å². The molecule has 2 heteroatoms. The Labute approximate surface area is 395 Å². The van der Waals surface area contributed by atoms with Crippen LogP contribution < -0.4 is 4.90 Å². The van der Waals surface area contributed by atoms with Gasteiger partial charge in [-0.25, -0.2) is 0 Å². The van der Waals surface area contributed by atoms with Crippen molar-refractivity contribution in [3.63, 3.8) is 0 Å². The summed E-state index contributed by atoms with van der Waals surface area (Å²) in [4.78, 5) is 2.39. The summed E-state index contributed by atoms with van der Waals surface area (Å²) in [5.41, 5.74) is 16.4. The van der Waals surface area contributed by atoms with E-state index in [0.717, 1.165) is 22.6 Å². The standard InChI is InChI=1S/C66H44N2/c1-2-15-45(16-3-1)47-35-39-53(40-36-47)67(54-41-37-48(38-42-54)46-31-33-50(34-32-46)57-27-13-19-49-17-4-6-22-56(49)57)55-21-12-20-51(43-55)59-28-14-30-64-66(59)62-26-10-11-29-63(62)68(64)65-44-52-18-5-7-23-58(52)60-24-8-9-25-61(60)65/h1-44H. The van der Waals surface area contributed by atoms with Crippen molar-refractivity contribution in [2.75, 3.05) is 4.90 Å². The van der Waals surface area contributed by atoms with Crippen molar-refractivity contribution in [2.24, 2.45) is 0 Å². The van der Waals surface area contributed by atoms with Crippen molar-refractivity contribution < 1.29 is 0 Å². The van der Waals surface area contributed by atoms with Gasteiger partial charge in [-0.05, 0) is 126 Å². The van der Waals surface area contributed by atoms with E-state index in [2.05, 4.69) is 276 Å². The van der Waals surface area contributed by atoms with E-state index in [-0.39, 0.29) is 0 Å². The van der Waals surface area contributed by atoms with Gasteiger partial charge in [-0.2, -0.15) is 0 Å². The Kier molecular flexibility index (Phi) is 9.54. The van der Waals surface area contributed by atoms with E-state index >= 15 is 0 Å². The van der Waals surface area contributed by atoms with Gasteiger partial charge in [-0.3, -0.25) is 0 Å². The fourth-order valence-corrected chi connectivity index (χ4v) is 10.6. The lowest BCUT2D eigenvalue weighted by Crippen LogP contribution is -2.10. The molecule has 0 bridgehead atoms. The van der Waals surface area contributed by atoms with Gasteiger partial charge < -0.3 is 9.47 Å². The zero-order valence-corrected chi connectivity index (χ0v) is 37.3. The van der Waals surface area contributed by atoms with E-state index in [1.807, 2.05) is 0 Å². The number of para-hydroxylation sites is 1. The van der Waals surface area contributed by atoms with Crippen molar-refractivity contribution >= 4 is 71.2 Å². The molecule has 0 aliphatic heterocycles. The maximum atomic E-state index is 2.48. The summed E-state index contributed by atoms with van der Waals surface area (Å²) in [6.07, 6.45) is 0. The first-order valence-electron chi connectivity index (χ1n) is 23.4. The molecule has 0 N–H and O–H groups in total. The van der Waals surface area contributed by atoms with Crippen molar-refractivity contribution in [2.45, 2.75) is 0 Å². The summed E-state index contributed by atoms with van der Waals surface area (Å²) in [6, 6.07) is 97.4. The third kappa shape index (κ3) is 6.73. The molecule has 0 aliphatic rings. The first-order valence-corrected chi connectivity index (χ1v) is 23.4. The first-order chi connectivity index (χ1) is 33.7. The van der Waals surface area contributed by atoms with E-state index < -0.39 is 0 Å². The lowest BCUT2D eigenvalue weighted by molar-refractivity contribution is 1.20. The maximum Gasteiger partial charge on any atom is 0.0547 e. The van der Waals surface area contributed by atoms with Crippen LogP contribution in [0.2, 0.25) is 0 Å². The fraction of sp³-hybridized carbons (Fsp3) is 0. The van der Waals surface area contributed by atoms with Crippen LogP contribution in [-0.2, 0) is 0 Å². The van der Waals surface area contributed by atoms with Crippen molar-refractivity contribution in [3.8, 4) is 50.2 Å². The van der Waals surface area contributed by atoms with Gasteiger partial charge in [0.1, 0.15) is 0 Å². The molecule has 0 radical (unpaired) electrons. The second kappa shape index (κ2) is 16.5. The summed E-state index contributed by atoms with van der Waals surface area (Å²) >= 11 is 0. The lowest BCUT2D eigenvalue weighted by Gasteiger charge is -2.26. The lowest BCUT2D eigenvalue weighted by atomic mass is 9.96. The van der Waals surface area contributed by atoms with Gasteiger partial charge in [-0.15, -0.1) is 0 Å². The smallest absolute Gasteiger partial charge is 0.0547 e. The predicted molar refractivity (Wildman–Crippen MR) is 290 cm³/mol. The fourth-order valence-electron chi connectivity index (χ4n) is 10.6. The average molecular weight is 865 g/mol. The quantitative estimate of drug-likeness (QED) is 0.138. The molecule has 0 saturated heterocycles. The molecular formula is C66H44N2. The van der Waals surface area contributed by atoms with E-state index in [4.69, 9.17) is 0 Å². The highest BCUT2D eigenvalue weighted by Crippen LogP contribution is 2.44. The molecule has 0 spiro atoms. The molecule has 13 aromatic rings. The molecule has 0 unspecified atom stereocenters. The number of anilines is 3. The molecule has 0 saturated carbocycles. The molecule has 318 valence electrons.